The predicted octanol–water partition coefficient (Wildman–Crippen LogP) is 2.11. The molecule has 0 aliphatic carbocycles. The number of nitrogens with zero attached hydrogens (tertiary/aromatic N) is 2. The van der Waals surface area contributed by atoms with Crippen LogP contribution in [0, 0.1) is 0 Å². The van der Waals surface area contributed by atoms with Gasteiger partial charge in [-0.2, -0.15) is 4.31 Å². The Morgan fingerprint density at radius 2 is 2.00 bits per heavy atom. The van der Waals surface area contributed by atoms with Crippen LogP contribution in [0.15, 0.2) is 35.1 Å². The van der Waals surface area contributed by atoms with Gasteiger partial charge in [-0.05, 0) is 30.5 Å². The molecule has 2 aliphatic rings. The van der Waals surface area contributed by atoms with Gasteiger partial charge in [-0.3, -0.25) is 0 Å². The largest absolute Gasteiger partial charge is 0.486 e. The Labute approximate surface area is 140 Å². The standard InChI is InChI=1S/C16H18N2O5S/c19-24(20,11-13-5-7-23-17-13)18-6-1-2-14(18)12-3-4-15-16(10-12)22-9-8-21-15/h3-5,7,10,14H,1-2,6,8-9,11H2/t14-/m1/s1. The zero-order valence-corrected chi connectivity index (χ0v) is 13.9. The molecule has 0 amide bonds. The third-order valence-electron chi connectivity index (χ3n) is 4.33. The number of aromatic nitrogens is 1. The zero-order chi connectivity index (χ0) is 16.6. The van der Waals surface area contributed by atoms with Gasteiger partial charge in [0.25, 0.3) is 0 Å². The number of ether oxygens (including phenoxy) is 2. The minimum atomic E-state index is -3.46. The Morgan fingerprint density at radius 1 is 1.17 bits per heavy atom. The molecule has 0 saturated carbocycles. The molecule has 3 heterocycles. The van der Waals surface area contributed by atoms with E-state index in [0.717, 1.165) is 18.4 Å². The van der Waals surface area contributed by atoms with E-state index < -0.39 is 10.0 Å². The van der Waals surface area contributed by atoms with Gasteiger partial charge in [0.15, 0.2) is 11.5 Å². The van der Waals surface area contributed by atoms with Crippen LogP contribution in [0.3, 0.4) is 0 Å². The highest BCUT2D eigenvalue weighted by Gasteiger charge is 2.36. The van der Waals surface area contributed by atoms with E-state index in [9.17, 15) is 8.42 Å². The molecule has 24 heavy (non-hydrogen) atoms. The Bertz CT molecular complexity index is 819. The van der Waals surface area contributed by atoms with E-state index in [1.807, 2.05) is 18.2 Å². The monoisotopic (exact) mass is 350 g/mol. The Balaban J connectivity index is 1.60. The zero-order valence-electron chi connectivity index (χ0n) is 13.1. The van der Waals surface area contributed by atoms with Gasteiger partial charge < -0.3 is 14.0 Å². The van der Waals surface area contributed by atoms with E-state index >= 15 is 0 Å². The molecule has 0 bridgehead atoms. The summed E-state index contributed by atoms with van der Waals surface area (Å²) in [4.78, 5) is 0. The summed E-state index contributed by atoms with van der Waals surface area (Å²) in [5, 5.41) is 3.71. The summed E-state index contributed by atoms with van der Waals surface area (Å²) in [5.41, 5.74) is 1.35. The van der Waals surface area contributed by atoms with Gasteiger partial charge >= 0.3 is 0 Å². The van der Waals surface area contributed by atoms with Gasteiger partial charge in [-0.1, -0.05) is 11.2 Å². The number of fused-ring (bicyclic) bond motifs is 1. The minimum Gasteiger partial charge on any atom is -0.486 e. The molecule has 7 nitrogen and oxygen atoms in total. The smallest absolute Gasteiger partial charge is 0.220 e. The van der Waals surface area contributed by atoms with Crippen LogP contribution < -0.4 is 9.47 Å². The van der Waals surface area contributed by atoms with Gasteiger partial charge in [0, 0.05) is 18.7 Å². The van der Waals surface area contributed by atoms with Crippen LogP contribution in [0.1, 0.15) is 30.1 Å². The summed E-state index contributed by atoms with van der Waals surface area (Å²) in [7, 11) is -3.46. The highest BCUT2D eigenvalue weighted by Crippen LogP contribution is 2.39. The lowest BCUT2D eigenvalue weighted by molar-refractivity contribution is 0.171. The van der Waals surface area contributed by atoms with Crippen molar-refractivity contribution in [3.8, 4) is 11.5 Å². The van der Waals surface area contributed by atoms with E-state index in [4.69, 9.17) is 14.0 Å². The molecule has 1 fully saturated rings. The maximum atomic E-state index is 12.8. The SMILES string of the molecule is O=S(=O)(Cc1ccon1)N1CCC[C@@H]1c1ccc2c(c1)OCCO2. The van der Waals surface area contributed by atoms with E-state index in [0.29, 0.717) is 37.0 Å². The number of rotatable bonds is 4. The molecule has 1 atom stereocenters. The molecule has 0 spiro atoms. The quantitative estimate of drug-likeness (QED) is 0.840. The fourth-order valence-electron chi connectivity index (χ4n) is 3.26. The van der Waals surface area contributed by atoms with E-state index in [1.165, 1.54) is 6.26 Å². The van der Waals surface area contributed by atoms with Crippen molar-refractivity contribution in [1.29, 1.82) is 0 Å². The molecule has 4 rings (SSSR count). The average Bonchev–Trinajstić information content (AvgIpc) is 3.25. The van der Waals surface area contributed by atoms with Crippen LogP contribution >= 0.6 is 0 Å². The molecule has 2 aliphatic heterocycles. The van der Waals surface area contributed by atoms with Crippen molar-refractivity contribution in [2.75, 3.05) is 19.8 Å². The predicted molar refractivity (Wildman–Crippen MR) is 85.2 cm³/mol. The van der Waals surface area contributed by atoms with Crippen molar-refractivity contribution in [2.24, 2.45) is 0 Å². The first-order chi connectivity index (χ1) is 11.6. The Morgan fingerprint density at radius 3 is 2.79 bits per heavy atom. The van der Waals surface area contributed by atoms with Gasteiger partial charge in [0.05, 0.1) is 5.69 Å². The Hall–Kier alpha value is -2.06. The number of benzene rings is 1. The Kier molecular flexibility index (Phi) is 3.93. The van der Waals surface area contributed by atoms with Crippen molar-refractivity contribution in [3.05, 3.63) is 41.8 Å². The molecule has 8 heteroatoms. The lowest BCUT2D eigenvalue weighted by atomic mass is 10.0. The molecule has 1 aromatic carbocycles. The van der Waals surface area contributed by atoms with E-state index in [1.54, 1.807) is 10.4 Å². The summed E-state index contributed by atoms with van der Waals surface area (Å²) < 4.78 is 43.0. The van der Waals surface area contributed by atoms with Crippen molar-refractivity contribution < 1.29 is 22.4 Å². The second-order valence-electron chi connectivity index (χ2n) is 5.92. The lowest BCUT2D eigenvalue weighted by Gasteiger charge is -2.26. The van der Waals surface area contributed by atoms with Crippen molar-refractivity contribution >= 4 is 10.0 Å². The molecule has 0 unspecified atom stereocenters. The fourth-order valence-corrected chi connectivity index (χ4v) is 4.97. The lowest BCUT2D eigenvalue weighted by Crippen LogP contribution is -2.32. The van der Waals surface area contributed by atoms with Crippen molar-refractivity contribution in [1.82, 2.24) is 9.46 Å². The number of hydrogen-bond donors (Lipinski definition) is 0. The molecule has 1 saturated heterocycles. The highest BCUT2D eigenvalue weighted by molar-refractivity contribution is 7.88. The topological polar surface area (TPSA) is 81.9 Å². The van der Waals surface area contributed by atoms with Gasteiger partial charge in [0.1, 0.15) is 25.2 Å². The average molecular weight is 350 g/mol. The normalized spacial score (nSPS) is 21.1. The third kappa shape index (κ3) is 2.87. The van der Waals surface area contributed by atoms with Gasteiger partial charge in [0.2, 0.25) is 10.0 Å². The first-order valence-corrected chi connectivity index (χ1v) is 9.53. The molecule has 0 N–H and O–H groups in total. The second kappa shape index (κ2) is 6.10. The molecular formula is C16H18N2O5S. The van der Waals surface area contributed by atoms with Crippen LogP contribution in [-0.2, 0) is 15.8 Å². The summed E-state index contributed by atoms with van der Waals surface area (Å²) in [6.45, 7) is 1.56. The maximum Gasteiger partial charge on any atom is 0.220 e. The summed E-state index contributed by atoms with van der Waals surface area (Å²) in [5.74, 6) is 1.24. The molecule has 1 aromatic heterocycles. The first kappa shape index (κ1) is 15.5. The number of sulfonamides is 1. The van der Waals surface area contributed by atoms with Crippen LogP contribution in [-0.4, -0.2) is 37.6 Å². The fraction of sp³-hybridized carbons (Fsp3) is 0.438. The van der Waals surface area contributed by atoms with E-state index in [-0.39, 0.29) is 11.8 Å². The maximum absolute atomic E-state index is 12.8. The molecular weight excluding hydrogens is 332 g/mol. The van der Waals surface area contributed by atoms with Crippen LogP contribution in [0.5, 0.6) is 11.5 Å². The summed E-state index contributed by atoms with van der Waals surface area (Å²) in [6, 6.07) is 7.06. The van der Waals surface area contributed by atoms with Gasteiger partial charge in [-0.15, -0.1) is 0 Å². The highest BCUT2D eigenvalue weighted by atomic mass is 32.2. The summed E-state index contributed by atoms with van der Waals surface area (Å²) >= 11 is 0. The second-order valence-corrected chi connectivity index (χ2v) is 7.84. The number of hydrogen-bond acceptors (Lipinski definition) is 6. The summed E-state index contributed by atoms with van der Waals surface area (Å²) in [6.07, 6.45) is 3.00. The van der Waals surface area contributed by atoms with Crippen LogP contribution in [0.4, 0.5) is 0 Å². The van der Waals surface area contributed by atoms with Crippen LogP contribution in [0.25, 0.3) is 0 Å². The van der Waals surface area contributed by atoms with Crippen molar-refractivity contribution in [2.45, 2.75) is 24.6 Å². The molecule has 128 valence electrons. The molecule has 0 radical (unpaired) electrons. The van der Waals surface area contributed by atoms with Crippen molar-refractivity contribution in [3.63, 3.8) is 0 Å². The van der Waals surface area contributed by atoms with Gasteiger partial charge in [-0.25, -0.2) is 8.42 Å². The molecule has 2 aromatic rings. The third-order valence-corrected chi connectivity index (χ3v) is 6.15. The first-order valence-electron chi connectivity index (χ1n) is 7.92. The van der Waals surface area contributed by atoms with E-state index in [2.05, 4.69) is 5.16 Å². The minimum absolute atomic E-state index is 0.148. The van der Waals surface area contributed by atoms with Crippen LogP contribution in [0.2, 0.25) is 0 Å².